The van der Waals surface area contributed by atoms with Crippen LogP contribution in [-0.2, 0) is 6.54 Å². The number of rotatable bonds is 4. The molecule has 106 valence electrons. The molecule has 0 saturated heterocycles. The maximum absolute atomic E-state index is 5.96. The number of nitrogens with zero attached hydrogens (tertiary/aromatic N) is 4. The second-order valence-electron chi connectivity index (χ2n) is 4.14. The van der Waals surface area contributed by atoms with Crippen LogP contribution in [0.15, 0.2) is 41.4 Å². The number of hydrogen-bond acceptors (Lipinski definition) is 6. The zero-order chi connectivity index (χ0) is 14.7. The molecule has 2 aromatic heterocycles. The Bertz CT molecular complexity index is 731. The minimum atomic E-state index is 0.381. The molecule has 0 aliphatic carbocycles. The Hall–Kier alpha value is -2.18. The summed E-state index contributed by atoms with van der Waals surface area (Å²) in [7, 11) is 0. The lowest BCUT2D eigenvalue weighted by Gasteiger charge is -2.06. The third kappa shape index (κ3) is 3.29. The molecule has 0 saturated carbocycles. The third-order valence-corrected chi connectivity index (χ3v) is 3.43. The van der Waals surface area contributed by atoms with Crippen molar-refractivity contribution in [2.75, 3.05) is 5.32 Å². The summed E-state index contributed by atoms with van der Waals surface area (Å²) in [6.07, 6.45) is 4.47. The monoisotopic (exact) mass is 321 g/mol. The minimum Gasteiger partial charge on any atom is -0.423 e. The van der Waals surface area contributed by atoms with Crippen LogP contribution in [-0.4, -0.2) is 20.2 Å². The van der Waals surface area contributed by atoms with Gasteiger partial charge in [-0.15, -0.1) is 10.2 Å². The van der Waals surface area contributed by atoms with E-state index in [9.17, 15) is 0 Å². The quantitative estimate of drug-likeness (QED) is 0.793. The Morgan fingerprint density at radius 3 is 2.57 bits per heavy atom. The topological polar surface area (TPSA) is 76.7 Å². The van der Waals surface area contributed by atoms with Crippen molar-refractivity contribution in [3.05, 3.63) is 52.6 Å². The summed E-state index contributed by atoms with van der Waals surface area (Å²) in [6, 6.07) is 5.43. The van der Waals surface area contributed by atoms with Crippen LogP contribution in [0.1, 0.15) is 5.56 Å². The molecule has 0 amide bonds. The van der Waals surface area contributed by atoms with Crippen molar-refractivity contribution in [1.29, 1.82) is 0 Å². The Labute approximate surface area is 130 Å². The lowest BCUT2D eigenvalue weighted by Crippen LogP contribution is -2.03. The summed E-state index contributed by atoms with van der Waals surface area (Å²) in [6.45, 7) is 0.538. The van der Waals surface area contributed by atoms with Crippen molar-refractivity contribution in [2.45, 2.75) is 6.54 Å². The van der Waals surface area contributed by atoms with E-state index >= 15 is 0 Å². The normalized spacial score (nSPS) is 10.6. The Morgan fingerprint density at radius 1 is 1.10 bits per heavy atom. The summed E-state index contributed by atoms with van der Waals surface area (Å²) in [4.78, 5) is 8.36. The van der Waals surface area contributed by atoms with Gasteiger partial charge in [-0.05, 0) is 17.7 Å². The van der Waals surface area contributed by atoms with Gasteiger partial charge in [-0.3, -0.25) is 0 Å². The second kappa shape index (κ2) is 6.07. The van der Waals surface area contributed by atoms with Gasteiger partial charge in [0.15, 0.2) is 0 Å². The van der Waals surface area contributed by atoms with Crippen LogP contribution >= 0.6 is 23.2 Å². The molecule has 1 N–H and O–H groups in total. The van der Waals surface area contributed by atoms with Crippen LogP contribution in [0.5, 0.6) is 0 Å². The minimum absolute atomic E-state index is 0.381. The van der Waals surface area contributed by atoms with Crippen LogP contribution in [0.25, 0.3) is 11.5 Å². The van der Waals surface area contributed by atoms with Crippen molar-refractivity contribution in [3.63, 3.8) is 0 Å². The molecule has 1 aromatic carbocycles. The van der Waals surface area contributed by atoms with Gasteiger partial charge in [0.1, 0.15) is 0 Å². The van der Waals surface area contributed by atoms with Crippen molar-refractivity contribution in [2.24, 2.45) is 0 Å². The molecule has 6 nitrogen and oxygen atoms in total. The Balaban J connectivity index is 1.66. The van der Waals surface area contributed by atoms with E-state index in [1.807, 2.05) is 6.07 Å². The number of hydrogen-bond donors (Lipinski definition) is 1. The summed E-state index contributed by atoms with van der Waals surface area (Å²) in [5.41, 5.74) is 1.64. The van der Waals surface area contributed by atoms with Crippen LogP contribution in [0.4, 0.5) is 5.95 Å². The van der Waals surface area contributed by atoms with Gasteiger partial charge in [-0.25, -0.2) is 9.97 Å². The van der Waals surface area contributed by atoms with Crippen molar-refractivity contribution in [1.82, 2.24) is 20.2 Å². The standard InChI is InChI=1S/C13H9Cl2N5O/c14-10-2-1-8(3-11(10)15)4-16-13-17-5-9(6-18-13)12-20-19-7-21-12/h1-3,5-7H,4H2,(H,16,17,18). The fourth-order valence-corrected chi connectivity index (χ4v) is 1.98. The highest BCUT2D eigenvalue weighted by Crippen LogP contribution is 2.23. The molecule has 21 heavy (non-hydrogen) atoms. The van der Waals surface area contributed by atoms with Gasteiger partial charge in [0, 0.05) is 18.9 Å². The molecule has 0 fully saturated rings. The first-order valence-corrected chi connectivity index (χ1v) is 6.74. The van der Waals surface area contributed by atoms with Crippen molar-refractivity contribution < 1.29 is 4.42 Å². The van der Waals surface area contributed by atoms with Gasteiger partial charge in [-0.2, -0.15) is 0 Å². The molecule has 0 radical (unpaired) electrons. The highest BCUT2D eigenvalue weighted by Gasteiger charge is 2.05. The number of aromatic nitrogens is 4. The summed E-state index contributed by atoms with van der Waals surface area (Å²) >= 11 is 11.8. The first kappa shape index (κ1) is 13.8. The average molecular weight is 322 g/mol. The highest BCUT2D eigenvalue weighted by molar-refractivity contribution is 6.42. The summed E-state index contributed by atoms with van der Waals surface area (Å²) < 4.78 is 5.06. The van der Waals surface area contributed by atoms with E-state index in [4.69, 9.17) is 27.6 Å². The van der Waals surface area contributed by atoms with Gasteiger partial charge in [0.2, 0.25) is 12.3 Å². The van der Waals surface area contributed by atoms with E-state index in [2.05, 4.69) is 25.5 Å². The number of benzene rings is 1. The number of halogens is 2. The Kier molecular flexibility index (Phi) is 3.98. The average Bonchev–Trinajstić information content (AvgIpc) is 3.03. The Morgan fingerprint density at radius 2 is 1.90 bits per heavy atom. The summed E-state index contributed by atoms with van der Waals surface area (Å²) in [5, 5.41) is 11.5. The molecular formula is C13H9Cl2N5O. The SMILES string of the molecule is Clc1ccc(CNc2ncc(-c3nnco3)cn2)cc1Cl. The molecule has 8 heteroatoms. The zero-order valence-corrected chi connectivity index (χ0v) is 12.1. The molecule has 0 aliphatic heterocycles. The van der Waals surface area contributed by atoms with Gasteiger partial charge in [-0.1, -0.05) is 29.3 Å². The van der Waals surface area contributed by atoms with E-state index in [-0.39, 0.29) is 0 Å². The lowest BCUT2D eigenvalue weighted by atomic mass is 10.2. The fraction of sp³-hybridized carbons (Fsp3) is 0.0769. The molecule has 0 bridgehead atoms. The molecule has 0 spiro atoms. The van der Waals surface area contributed by atoms with E-state index in [0.717, 1.165) is 5.56 Å². The zero-order valence-electron chi connectivity index (χ0n) is 10.6. The molecule has 3 aromatic rings. The smallest absolute Gasteiger partial charge is 0.250 e. The van der Waals surface area contributed by atoms with Crippen LogP contribution in [0.2, 0.25) is 10.0 Å². The van der Waals surface area contributed by atoms with Crippen LogP contribution in [0, 0.1) is 0 Å². The largest absolute Gasteiger partial charge is 0.423 e. The molecule has 2 heterocycles. The fourth-order valence-electron chi connectivity index (χ4n) is 1.66. The number of nitrogens with one attached hydrogen (secondary N) is 1. The predicted molar refractivity (Wildman–Crippen MR) is 79.1 cm³/mol. The first-order chi connectivity index (χ1) is 10.2. The van der Waals surface area contributed by atoms with E-state index < -0.39 is 0 Å². The van der Waals surface area contributed by atoms with Gasteiger partial charge < -0.3 is 9.73 Å². The van der Waals surface area contributed by atoms with Crippen LogP contribution < -0.4 is 5.32 Å². The van der Waals surface area contributed by atoms with E-state index in [1.165, 1.54) is 6.39 Å². The van der Waals surface area contributed by atoms with E-state index in [1.54, 1.807) is 24.5 Å². The van der Waals surface area contributed by atoms with Gasteiger partial charge in [0.05, 0.1) is 15.6 Å². The highest BCUT2D eigenvalue weighted by atomic mass is 35.5. The second-order valence-corrected chi connectivity index (χ2v) is 4.96. The predicted octanol–water partition coefficient (Wildman–Crippen LogP) is 3.45. The number of anilines is 1. The maximum atomic E-state index is 5.96. The molecule has 0 unspecified atom stereocenters. The van der Waals surface area contributed by atoms with Crippen LogP contribution in [0.3, 0.4) is 0 Å². The molecule has 0 atom stereocenters. The van der Waals surface area contributed by atoms with Crippen molar-refractivity contribution in [3.8, 4) is 11.5 Å². The van der Waals surface area contributed by atoms with Gasteiger partial charge >= 0.3 is 0 Å². The third-order valence-electron chi connectivity index (χ3n) is 2.69. The first-order valence-electron chi connectivity index (χ1n) is 5.99. The van der Waals surface area contributed by atoms with Crippen molar-refractivity contribution >= 4 is 29.2 Å². The van der Waals surface area contributed by atoms with Gasteiger partial charge in [0.25, 0.3) is 5.89 Å². The molecular weight excluding hydrogens is 313 g/mol. The summed E-state index contributed by atoms with van der Waals surface area (Å²) in [5.74, 6) is 0.871. The maximum Gasteiger partial charge on any atom is 0.250 e. The molecule has 0 aliphatic rings. The molecule has 3 rings (SSSR count). The van der Waals surface area contributed by atoms with E-state index in [0.29, 0.717) is 34.0 Å². The lowest BCUT2D eigenvalue weighted by molar-refractivity contribution is 0.568.